The third-order valence-corrected chi connectivity index (χ3v) is 4.83. The van der Waals surface area contributed by atoms with Gasteiger partial charge in [-0.05, 0) is 37.5 Å². The summed E-state index contributed by atoms with van der Waals surface area (Å²) in [5.41, 5.74) is 9.67. The quantitative estimate of drug-likeness (QED) is 0.854. The van der Waals surface area contributed by atoms with E-state index in [9.17, 15) is 0 Å². The third kappa shape index (κ3) is 3.85. The molecule has 0 spiro atoms. The maximum absolute atomic E-state index is 6.18. The number of hydrogen-bond donors (Lipinski definition) is 1. The first-order valence-electron chi connectivity index (χ1n) is 8.65. The Bertz CT molecular complexity index is 603. The van der Waals surface area contributed by atoms with Crippen LogP contribution in [0.1, 0.15) is 25.3 Å². The molecule has 3 heteroatoms. The summed E-state index contributed by atoms with van der Waals surface area (Å²) < 4.78 is 0. The Labute approximate surface area is 139 Å². The van der Waals surface area contributed by atoms with Crippen LogP contribution in [0.2, 0.25) is 0 Å². The van der Waals surface area contributed by atoms with Crippen LogP contribution < -0.4 is 10.6 Å². The number of rotatable bonds is 5. The number of likely N-dealkylation sites (tertiary alicyclic amines) is 1. The predicted molar refractivity (Wildman–Crippen MR) is 98.6 cm³/mol. The van der Waals surface area contributed by atoms with E-state index in [2.05, 4.69) is 59.2 Å². The van der Waals surface area contributed by atoms with Crippen LogP contribution in [0.5, 0.6) is 0 Å². The molecule has 0 radical (unpaired) electrons. The number of nitrogen functional groups attached to an aromatic ring is 1. The largest absolute Gasteiger partial charge is 0.397 e. The van der Waals surface area contributed by atoms with Gasteiger partial charge in [0.2, 0.25) is 0 Å². The van der Waals surface area contributed by atoms with Gasteiger partial charge in [-0.15, -0.1) is 0 Å². The van der Waals surface area contributed by atoms with Crippen molar-refractivity contribution < 1.29 is 0 Å². The molecular weight excluding hydrogens is 282 g/mol. The van der Waals surface area contributed by atoms with Crippen molar-refractivity contribution >= 4 is 11.4 Å². The SMILES string of the molecule is CCN(c1ccccc1N)C1CCN(Cc2ccccc2)CC1. The zero-order valence-electron chi connectivity index (χ0n) is 14.0. The van der Waals surface area contributed by atoms with E-state index in [1.54, 1.807) is 0 Å². The molecule has 1 fully saturated rings. The van der Waals surface area contributed by atoms with E-state index in [4.69, 9.17) is 5.73 Å². The summed E-state index contributed by atoms with van der Waals surface area (Å²) in [7, 11) is 0. The number of anilines is 2. The van der Waals surface area contributed by atoms with Crippen LogP contribution in [0.3, 0.4) is 0 Å². The maximum Gasteiger partial charge on any atom is 0.0602 e. The second-order valence-corrected chi connectivity index (χ2v) is 6.34. The number of piperidine rings is 1. The van der Waals surface area contributed by atoms with Gasteiger partial charge in [0.1, 0.15) is 0 Å². The van der Waals surface area contributed by atoms with Crippen molar-refractivity contribution in [3.8, 4) is 0 Å². The average molecular weight is 309 g/mol. The lowest BCUT2D eigenvalue weighted by molar-refractivity contribution is 0.202. The van der Waals surface area contributed by atoms with Crippen molar-refractivity contribution in [2.45, 2.75) is 32.4 Å². The molecule has 0 aliphatic carbocycles. The van der Waals surface area contributed by atoms with Gasteiger partial charge in [-0.3, -0.25) is 4.90 Å². The van der Waals surface area contributed by atoms with Gasteiger partial charge in [0.05, 0.1) is 11.4 Å². The molecule has 0 amide bonds. The first kappa shape index (κ1) is 15.9. The molecule has 122 valence electrons. The topological polar surface area (TPSA) is 32.5 Å². The molecule has 23 heavy (non-hydrogen) atoms. The highest BCUT2D eigenvalue weighted by molar-refractivity contribution is 5.67. The number of nitrogens with two attached hydrogens (primary N) is 1. The van der Waals surface area contributed by atoms with E-state index in [0.29, 0.717) is 6.04 Å². The Hall–Kier alpha value is -2.00. The highest BCUT2D eigenvalue weighted by Crippen LogP contribution is 2.28. The fraction of sp³-hybridized carbons (Fsp3) is 0.400. The summed E-state index contributed by atoms with van der Waals surface area (Å²) in [5, 5.41) is 0. The fourth-order valence-electron chi connectivity index (χ4n) is 3.61. The molecule has 0 aromatic heterocycles. The van der Waals surface area contributed by atoms with Crippen LogP contribution in [0.25, 0.3) is 0 Å². The Kier molecular flexibility index (Phi) is 5.19. The van der Waals surface area contributed by atoms with Crippen molar-refractivity contribution in [3.63, 3.8) is 0 Å². The third-order valence-electron chi connectivity index (χ3n) is 4.83. The van der Waals surface area contributed by atoms with Gasteiger partial charge < -0.3 is 10.6 Å². The monoisotopic (exact) mass is 309 g/mol. The summed E-state index contributed by atoms with van der Waals surface area (Å²) >= 11 is 0. The first-order valence-corrected chi connectivity index (χ1v) is 8.65. The number of hydrogen-bond acceptors (Lipinski definition) is 3. The van der Waals surface area contributed by atoms with Crippen LogP contribution in [0.4, 0.5) is 11.4 Å². The van der Waals surface area contributed by atoms with Crippen molar-refractivity contribution in [1.29, 1.82) is 0 Å². The predicted octanol–water partition coefficient (Wildman–Crippen LogP) is 3.76. The van der Waals surface area contributed by atoms with Crippen LogP contribution in [-0.4, -0.2) is 30.6 Å². The van der Waals surface area contributed by atoms with E-state index >= 15 is 0 Å². The molecule has 2 aromatic carbocycles. The lowest BCUT2D eigenvalue weighted by Gasteiger charge is -2.39. The van der Waals surface area contributed by atoms with Crippen molar-refractivity contribution in [2.24, 2.45) is 0 Å². The second kappa shape index (κ2) is 7.51. The Morgan fingerprint density at radius 3 is 2.30 bits per heavy atom. The van der Waals surface area contributed by atoms with Gasteiger partial charge in [-0.25, -0.2) is 0 Å². The second-order valence-electron chi connectivity index (χ2n) is 6.34. The number of para-hydroxylation sites is 2. The highest BCUT2D eigenvalue weighted by Gasteiger charge is 2.24. The minimum atomic E-state index is 0.594. The van der Waals surface area contributed by atoms with Gasteiger partial charge in [0.15, 0.2) is 0 Å². The first-order chi connectivity index (χ1) is 11.3. The zero-order valence-corrected chi connectivity index (χ0v) is 14.0. The summed E-state index contributed by atoms with van der Waals surface area (Å²) in [6, 6.07) is 19.6. The minimum absolute atomic E-state index is 0.594. The lowest BCUT2D eigenvalue weighted by atomic mass is 10.0. The van der Waals surface area contributed by atoms with Crippen molar-refractivity contribution in [2.75, 3.05) is 30.3 Å². The minimum Gasteiger partial charge on any atom is -0.397 e. The highest BCUT2D eigenvalue weighted by atomic mass is 15.2. The standard InChI is InChI=1S/C20H27N3/c1-2-23(20-11-7-6-10-19(20)21)18-12-14-22(15-13-18)16-17-8-4-3-5-9-17/h3-11,18H,2,12-16,21H2,1H3. The zero-order chi connectivity index (χ0) is 16.1. The molecule has 1 aliphatic rings. The number of nitrogens with zero attached hydrogens (tertiary/aromatic N) is 2. The van der Waals surface area contributed by atoms with Crippen LogP contribution >= 0.6 is 0 Å². The molecule has 3 rings (SSSR count). The molecule has 0 bridgehead atoms. The molecular formula is C20H27N3. The number of benzene rings is 2. The summed E-state index contributed by atoms with van der Waals surface area (Å²) in [6.45, 7) is 6.61. The van der Waals surface area contributed by atoms with Crippen LogP contribution in [0, 0.1) is 0 Å². The normalized spacial score (nSPS) is 16.4. The molecule has 0 saturated carbocycles. The molecule has 1 aliphatic heterocycles. The van der Waals surface area contributed by atoms with Crippen LogP contribution in [-0.2, 0) is 6.54 Å². The molecule has 1 heterocycles. The van der Waals surface area contributed by atoms with Crippen LogP contribution in [0.15, 0.2) is 54.6 Å². The van der Waals surface area contributed by atoms with E-state index < -0.39 is 0 Å². The lowest BCUT2D eigenvalue weighted by Crippen LogP contribution is -2.45. The molecule has 0 unspecified atom stereocenters. The Balaban J connectivity index is 1.60. The van der Waals surface area contributed by atoms with E-state index in [1.165, 1.54) is 24.1 Å². The van der Waals surface area contributed by atoms with Gasteiger partial charge in [0, 0.05) is 32.2 Å². The van der Waals surface area contributed by atoms with Gasteiger partial charge in [-0.1, -0.05) is 42.5 Å². The summed E-state index contributed by atoms with van der Waals surface area (Å²) in [5.74, 6) is 0. The summed E-state index contributed by atoms with van der Waals surface area (Å²) in [4.78, 5) is 5.04. The maximum atomic E-state index is 6.18. The van der Waals surface area contributed by atoms with Crippen molar-refractivity contribution in [3.05, 3.63) is 60.2 Å². The Morgan fingerprint density at radius 2 is 1.65 bits per heavy atom. The van der Waals surface area contributed by atoms with Gasteiger partial charge >= 0.3 is 0 Å². The van der Waals surface area contributed by atoms with E-state index in [-0.39, 0.29) is 0 Å². The molecule has 1 saturated heterocycles. The Morgan fingerprint density at radius 1 is 1.00 bits per heavy atom. The van der Waals surface area contributed by atoms with Crippen molar-refractivity contribution in [1.82, 2.24) is 4.90 Å². The molecule has 2 N–H and O–H groups in total. The van der Waals surface area contributed by atoms with Gasteiger partial charge in [-0.2, -0.15) is 0 Å². The molecule has 2 aromatic rings. The van der Waals surface area contributed by atoms with E-state index in [1.807, 2.05) is 12.1 Å². The molecule has 0 atom stereocenters. The van der Waals surface area contributed by atoms with Gasteiger partial charge in [0.25, 0.3) is 0 Å². The average Bonchev–Trinajstić information content (AvgIpc) is 2.59. The summed E-state index contributed by atoms with van der Waals surface area (Å²) in [6.07, 6.45) is 2.41. The molecule has 3 nitrogen and oxygen atoms in total. The van der Waals surface area contributed by atoms with E-state index in [0.717, 1.165) is 31.9 Å². The fourth-order valence-corrected chi connectivity index (χ4v) is 3.61. The smallest absolute Gasteiger partial charge is 0.0602 e.